The number of primary amides is 1. The van der Waals surface area contributed by atoms with Crippen molar-refractivity contribution in [2.24, 2.45) is 11.7 Å². The molecule has 1 unspecified atom stereocenters. The predicted molar refractivity (Wildman–Crippen MR) is 74.6 cm³/mol. The van der Waals surface area contributed by atoms with Gasteiger partial charge in [-0.2, -0.15) is 0 Å². The van der Waals surface area contributed by atoms with Crippen molar-refractivity contribution in [1.82, 2.24) is 0 Å². The minimum absolute atomic E-state index is 0.206. The lowest BCUT2D eigenvalue weighted by Gasteiger charge is -2.29. The first-order valence-electron chi connectivity index (χ1n) is 6.94. The summed E-state index contributed by atoms with van der Waals surface area (Å²) < 4.78 is 13.7. The number of benzene rings is 1. The molecule has 2 rings (SSSR count). The highest BCUT2D eigenvalue weighted by Gasteiger charge is 2.21. The first-order chi connectivity index (χ1) is 9.08. The van der Waals surface area contributed by atoms with E-state index < -0.39 is 5.91 Å². The van der Waals surface area contributed by atoms with Crippen molar-refractivity contribution in [3.63, 3.8) is 0 Å². The van der Waals surface area contributed by atoms with Gasteiger partial charge in [0, 0.05) is 11.6 Å². The van der Waals surface area contributed by atoms with E-state index >= 15 is 0 Å². The molecule has 0 saturated heterocycles. The lowest BCUT2D eigenvalue weighted by atomic mass is 9.84. The zero-order valence-electron chi connectivity index (χ0n) is 11.3. The van der Waals surface area contributed by atoms with Gasteiger partial charge in [0.1, 0.15) is 5.82 Å². The van der Waals surface area contributed by atoms with Gasteiger partial charge in [0.15, 0.2) is 0 Å². The second-order valence-electron chi connectivity index (χ2n) is 5.39. The first-order valence-corrected chi connectivity index (χ1v) is 6.94. The Hall–Kier alpha value is -1.58. The van der Waals surface area contributed by atoms with Crippen LogP contribution >= 0.6 is 0 Å². The van der Waals surface area contributed by atoms with Crippen molar-refractivity contribution in [3.8, 4) is 0 Å². The molecule has 1 aliphatic carbocycles. The number of amides is 1. The number of anilines is 1. The van der Waals surface area contributed by atoms with E-state index in [0.29, 0.717) is 17.2 Å². The Morgan fingerprint density at radius 1 is 1.37 bits per heavy atom. The number of nitrogens with one attached hydrogen (secondary N) is 1. The van der Waals surface area contributed by atoms with Crippen LogP contribution < -0.4 is 11.1 Å². The highest BCUT2D eigenvalue weighted by atomic mass is 19.1. The second-order valence-corrected chi connectivity index (χ2v) is 5.39. The average molecular weight is 264 g/mol. The summed E-state index contributed by atoms with van der Waals surface area (Å²) >= 11 is 0. The Labute approximate surface area is 113 Å². The van der Waals surface area contributed by atoms with E-state index in [0.717, 1.165) is 0 Å². The van der Waals surface area contributed by atoms with Crippen molar-refractivity contribution in [2.45, 2.75) is 45.1 Å². The topological polar surface area (TPSA) is 55.1 Å². The second kappa shape index (κ2) is 6.04. The van der Waals surface area contributed by atoms with E-state index in [1.54, 1.807) is 0 Å². The molecule has 3 nitrogen and oxygen atoms in total. The Morgan fingerprint density at radius 3 is 2.68 bits per heavy atom. The van der Waals surface area contributed by atoms with Gasteiger partial charge >= 0.3 is 0 Å². The van der Waals surface area contributed by atoms with E-state index in [2.05, 4.69) is 12.2 Å². The molecule has 0 aromatic heterocycles. The fourth-order valence-corrected chi connectivity index (χ4v) is 2.79. The van der Waals surface area contributed by atoms with Gasteiger partial charge in [-0.3, -0.25) is 4.79 Å². The molecule has 0 heterocycles. The van der Waals surface area contributed by atoms with Gasteiger partial charge in [0.2, 0.25) is 5.91 Å². The maximum absolute atomic E-state index is 13.7. The molecule has 0 bridgehead atoms. The molecule has 1 saturated carbocycles. The summed E-state index contributed by atoms with van der Waals surface area (Å²) in [6.45, 7) is 2.08. The summed E-state index contributed by atoms with van der Waals surface area (Å²) in [7, 11) is 0. The van der Waals surface area contributed by atoms with Crippen LogP contribution in [0.15, 0.2) is 18.2 Å². The van der Waals surface area contributed by atoms with Crippen LogP contribution in [0.2, 0.25) is 0 Å². The number of hydrogen-bond donors (Lipinski definition) is 2. The minimum Gasteiger partial charge on any atom is -0.380 e. The van der Waals surface area contributed by atoms with Gasteiger partial charge in [0.25, 0.3) is 0 Å². The third-order valence-electron chi connectivity index (χ3n) is 3.99. The summed E-state index contributed by atoms with van der Waals surface area (Å²) in [5.41, 5.74) is 5.92. The quantitative estimate of drug-likeness (QED) is 0.876. The molecular weight excluding hydrogens is 243 g/mol. The van der Waals surface area contributed by atoms with Crippen molar-refractivity contribution >= 4 is 11.6 Å². The summed E-state index contributed by atoms with van der Waals surface area (Å²) in [5, 5.41) is 3.19. The lowest BCUT2D eigenvalue weighted by molar-refractivity contribution is 0.100. The SMILES string of the molecule is CC(Nc1cc(C(N)=O)ccc1F)C1CCCCC1. The average Bonchev–Trinajstić information content (AvgIpc) is 2.42. The molecule has 1 amide bonds. The molecule has 0 aliphatic heterocycles. The molecule has 1 aliphatic rings. The molecule has 1 atom stereocenters. The predicted octanol–water partition coefficient (Wildman–Crippen LogP) is 3.31. The van der Waals surface area contributed by atoms with Gasteiger partial charge in [-0.15, -0.1) is 0 Å². The zero-order valence-corrected chi connectivity index (χ0v) is 11.3. The van der Waals surface area contributed by atoms with Gasteiger partial charge in [-0.05, 0) is 43.9 Å². The van der Waals surface area contributed by atoms with E-state index in [-0.39, 0.29) is 11.9 Å². The number of halogens is 1. The van der Waals surface area contributed by atoms with Crippen LogP contribution in [0.1, 0.15) is 49.4 Å². The van der Waals surface area contributed by atoms with E-state index in [4.69, 9.17) is 5.73 Å². The molecule has 1 fully saturated rings. The molecule has 1 aromatic carbocycles. The Bertz CT molecular complexity index is 455. The first kappa shape index (κ1) is 13.8. The van der Waals surface area contributed by atoms with Crippen molar-refractivity contribution in [1.29, 1.82) is 0 Å². The molecule has 19 heavy (non-hydrogen) atoms. The highest BCUT2D eigenvalue weighted by molar-refractivity contribution is 5.93. The molecule has 0 spiro atoms. The summed E-state index contributed by atoms with van der Waals surface area (Å²) in [6.07, 6.45) is 6.17. The zero-order chi connectivity index (χ0) is 13.8. The number of rotatable bonds is 4. The van der Waals surface area contributed by atoms with Crippen LogP contribution in [0.25, 0.3) is 0 Å². The molecule has 0 radical (unpaired) electrons. The van der Waals surface area contributed by atoms with E-state index in [1.165, 1.54) is 50.3 Å². The summed E-state index contributed by atoms with van der Waals surface area (Å²) in [5.74, 6) is -0.300. The number of nitrogens with two attached hydrogens (primary N) is 1. The Balaban J connectivity index is 2.08. The number of carbonyl (C=O) groups excluding carboxylic acids is 1. The van der Waals surface area contributed by atoms with Crippen molar-refractivity contribution < 1.29 is 9.18 Å². The van der Waals surface area contributed by atoms with Crippen LogP contribution in [0.5, 0.6) is 0 Å². The number of hydrogen-bond acceptors (Lipinski definition) is 2. The van der Waals surface area contributed by atoms with Gasteiger partial charge in [0.05, 0.1) is 5.69 Å². The Kier molecular flexibility index (Phi) is 4.40. The molecular formula is C15H21FN2O. The van der Waals surface area contributed by atoms with Crippen molar-refractivity contribution in [3.05, 3.63) is 29.6 Å². The van der Waals surface area contributed by atoms with Crippen LogP contribution in [0.4, 0.5) is 10.1 Å². The molecule has 4 heteroatoms. The molecule has 3 N–H and O–H groups in total. The van der Waals surface area contributed by atoms with Gasteiger partial charge in [-0.1, -0.05) is 19.3 Å². The third kappa shape index (κ3) is 3.46. The van der Waals surface area contributed by atoms with E-state index in [1.807, 2.05) is 0 Å². The van der Waals surface area contributed by atoms with Gasteiger partial charge in [-0.25, -0.2) is 4.39 Å². The van der Waals surface area contributed by atoms with Crippen molar-refractivity contribution in [2.75, 3.05) is 5.32 Å². The monoisotopic (exact) mass is 264 g/mol. The third-order valence-corrected chi connectivity index (χ3v) is 3.99. The smallest absolute Gasteiger partial charge is 0.248 e. The fraction of sp³-hybridized carbons (Fsp3) is 0.533. The minimum atomic E-state index is -0.534. The standard InChI is InChI=1S/C15H21FN2O/c1-10(11-5-3-2-4-6-11)18-14-9-12(15(17)19)7-8-13(14)16/h7-11,18H,2-6H2,1H3,(H2,17,19). The fourth-order valence-electron chi connectivity index (χ4n) is 2.79. The van der Waals surface area contributed by atoms with Crippen LogP contribution in [-0.2, 0) is 0 Å². The van der Waals surface area contributed by atoms with Crippen LogP contribution in [-0.4, -0.2) is 11.9 Å². The molecule has 104 valence electrons. The van der Waals surface area contributed by atoms with Gasteiger partial charge < -0.3 is 11.1 Å². The van der Waals surface area contributed by atoms with E-state index in [9.17, 15) is 9.18 Å². The maximum atomic E-state index is 13.7. The molecule has 1 aromatic rings. The summed E-state index contributed by atoms with van der Waals surface area (Å²) in [6, 6.07) is 4.40. The van der Waals surface area contributed by atoms with Crippen LogP contribution in [0, 0.1) is 11.7 Å². The lowest BCUT2D eigenvalue weighted by Crippen LogP contribution is -2.28. The number of carbonyl (C=O) groups is 1. The largest absolute Gasteiger partial charge is 0.380 e. The highest BCUT2D eigenvalue weighted by Crippen LogP contribution is 2.28. The van der Waals surface area contributed by atoms with Crippen LogP contribution in [0.3, 0.4) is 0 Å². The Morgan fingerprint density at radius 2 is 2.05 bits per heavy atom. The maximum Gasteiger partial charge on any atom is 0.248 e. The normalized spacial score (nSPS) is 18.0. The summed E-state index contributed by atoms with van der Waals surface area (Å²) in [4.78, 5) is 11.1.